The SMILES string of the molecule is CCC(N)Cc1cccc(Br)c1OCCCOC. The molecule has 0 fully saturated rings. The van der Waals surface area contributed by atoms with E-state index < -0.39 is 0 Å². The van der Waals surface area contributed by atoms with E-state index in [1.165, 1.54) is 0 Å². The van der Waals surface area contributed by atoms with E-state index in [1.54, 1.807) is 7.11 Å². The Hall–Kier alpha value is -0.580. The Morgan fingerprint density at radius 1 is 1.33 bits per heavy atom. The topological polar surface area (TPSA) is 44.5 Å². The third-order valence-electron chi connectivity index (χ3n) is 2.79. The van der Waals surface area contributed by atoms with Crippen molar-refractivity contribution >= 4 is 15.9 Å². The van der Waals surface area contributed by atoms with E-state index >= 15 is 0 Å². The Balaban J connectivity index is 2.67. The van der Waals surface area contributed by atoms with Crippen LogP contribution in [0, 0.1) is 0 Å². The minimum absolute atomic E-state index is 0.181. The van der Waals surface area contributed by atoms with Gasteiger partial charge < -0.3 is 15.2 Å². The van der Waals surface area contributed by atoms with Crippen molar-refractivity contribution in [3.8, 4) is 5.75 Å². The smallest absolute Gasteiger partial charge is 0.136 e. The van der Waals surface area contributed by atoms with Gasteiger partial charge in [0.15, 0.2) is 0 Å². The highest BCUT2D eigenvalue weighted by Gasteiger charge is 2.10. The summed E-state index contributed by atoms with van der Waals surface area (Å²) in [6, 6.07) is 6.27. The lowest BCUT2D eigenvalue weighted by Crippen LogP contribution is -2.21. The molecule has 0 radical (unpaired) electrons. The molecule has 0 aliphatic heterocycles. The van der Waals surface area contributed by atoms with E-state index in [4.69, 9.17) is 15.2 Å². The first-order valence-corrected chi connectivity index (χ1v) is 7.13. The highest BCUT2D eigenvalue weighted by atomic mass is 79.9. The lowest BCUT2D eigenvalue weighted by Gasteiger charge is -2.15. The minimum Gasteiger partial charge on any atom is -0.492 e. The highest BCUT2D eigenvalue weighted by Crippen LogP contribution is 2.30. The third kappa shape index (κ3) is 4.96. The Morgan fingerprint density at radius 2 is 2.11 bits per heavy atom. The fraction of sp³-hybridized carbons (Fsp3) is 0.571. The zero-order chi connectivity index (χ0) is 13.4. The molecule has 3 nitrogen and oxygen atoms in total. The largest absolute Gasteiger partial charge is 0.492 e. The molecule has 0 saturated carbocycles. The van der Waals surface area contributed by atoms with E-state index in [2.05, 4.69) is 28.9 Å². The van der Waals surface area contributed by atoms with Gasteiger partial charge in [-0.05, 0) is 40.4 Å². The van der Waals surface area contributed by atoms with Gasteiger partial charge >= 0.3 is 0 Å². The molecule has 1 unspecified atom stereocenters. The maximum absolute atomic E-state index is 6.01. The van der Waals surface area contributed by atoms with Crippen LogP contribution in [0.25, 0.3) is 0 Å². The van der Waals surface area contributed by atoms with Gasteiger partial charge in [0, 0.05) is 26.2 Å². The quantitative estimate of drug-likeness (QED) is 0.749. The van der Waals surface area contributed by atoms with Crippen molar-refractivity contribution in [1.82, 2.24) is 0 Å². The summed E-state index contributed by atoms with van der Waals surface area (Å²) in [6.45, 7) is 3.47. The molecule has 0 aliphatic rings. The van der Waals surface area contributed by atoms with E-state index in [0.29, 0.717) is 13.2 Å². The molecule has 4 heteroatoms. The molecule has 1 aromatic rings. The predicted molar refractivity (Wildman–Crippen MR) is 78.1 cm³/mol. The molecule has 0 aromatic heterocycles. The van der Waals surface area contributed by atoms with Crippen LogP contribution in [-0.2, 0) is 11.2 Å². The third-order valence-corrected chi connectivity index (χ3v) is 3.42. The highest BCUT2D eigenvalue weighted by molar-refractivity contribution is 9.10. The average Bonchev–Trinajstić information content (AvgIpc) is 2.37. The van der Waals surface area contributed by atoms with Crippen molar-refractivity contribution in [2.45, 2.75) is 32.2 Å². The van der Waals surface area contributed by atoms with Crippen LogP contribution in [0.15, 0.2) is 22.7 Å². The molecule has 0 saturated heterocycles. The van der Waals surface area contributed by atoms with E-state index in [-0.39, 0.29) is 6.04 Å². The van der Waals surface area contributed by atoms with Crippen molar-refractivity contribution in [2.24, 2.45) is 5.73 Å². The number of hydrogen-bond acceptors (Lipinski definition) is 3. The molecule has 2 N–H and O–H groups in total. The van der Waals surface area contributed by atoms with Crippen LogP contribution in [0.2, 0.25) is 0 Å². The number of ether oxygens (including phenoxy) is 2. The van der Waals surface area contributed by atoms with Crippen LogP contribution in [-0.4, -0.2) is 26.4 Å². The van der Waals surface area contributed by atoms with Gasteiger partial charge in [0.2, 0.25) is 0 Å². The van der Waals surface area contributed by atoms with Gasteiger partial charge in [-0.2, -0.15) is 0 Å². The summed E-state index contributed by atoms with van der Waals surface area (Å²) in [6.07, 6.45) is 2.70. The predicted octanol–water partition coefficient (Wildman–Crippen LogP) is 3.14. The molecule has 0 spiro atoms. The number of halogens is 1. The zero-order valence-electron chi connectivity index (χ0n) is 11.1. The fourth-order valence-electron chi connectivity index (χ4n) is 1.68. The number of benzene rings is 1. The molecule has 18 heavy (non-hydrogen) atoms. The van der Waals surface area contributed by atoms with Gasteiger partial charge in [0.1, 0.15) is 5.75 Å². The first kappa shape index (κ1) is 15.5. The molecule has 1 atom stereocenters. The van der Waals surface area contributed by atoms with Crippen LogP contribution in [0.5, 0.6) is 5.75 Å². The average molecular weight is 316 g/mol. The number of para-hydroxylation sites is 1. The Labute approximate surface area is 118 Å². The number of methoxy groups -OCH3 is 1. The lowest BCUT2D eigenvalue weighted by atomic mass is 10.0. The molecule has 0 aliphatic carbocycles. The van der Waals surface area contributed by atoms with E-state index in [1.807, 2.05) is 12.1 Å². The minimum atomic E-state index is 0.181. The van der Waals surface area contributed by atoms with Crippen molar-refractivity contribution in [1.29, 1.82) is 0 Å². The van der Waals surface area contributed by atoms with Crippen LogP contribution in [0.4, 0.5) is 0 Å². The number of hydrogen-bond donors (Lipinski definition) is 1. The van der Waals surface area contributed by atoms with Gasteiger partial charge in [-0.15, -0.1) is 0 Å². The molecule has 1 rings (SSSR count). The molecular formula is C14H22BrNO2. The van der Waals surface area contributed by atoms with Gasteiger partial charge in [-0.25, -0.2) is 0 Å². The number of nitrogens with two attached hydrogens (primary N) is 1. The molecule has 102 valence electrons. The summed E-state index contributed by atoms with van der Waals surface area (Å²) < 4.78 is 11.8. The molecule has 0 amide bonds. The fourth-order valence-corrected chi connectivity index (χ4v) is 2.20. The second-order valence-corrected chi connectivity index (χ2v) is 5.15. The normalized spacial score (nSPS) is 12.4. The van der Waals surface area contributed by atoms with Crippen molar-refractivity contribution in [3.63, 3.8) is 0 Å². The summed E-state index contributed by atoms with van der Waals surface area (Å²) in [5.74, 6) is 0.914. The zero-order valence-corrected chi connectivity index (χ0v) is 12.7. The second-order valence-electron chi connectivity index (χ2n) is 4.30. The van der Waals surface area contributed by atoms with Crippen molar-refractivity contribution < 1.29 is 9.47 Å². The van der Waals surface area contributed by atoms with Crippen molar-refractivity contribution in [2.75, 3.05) is 20.3 Å². The maximum atomic E-state index is 6.01. The maximum Gasteiger partial charge on any atom is 0.136 e. The van der Waals surface area contributed by atoms with Gasteiger partial charge in [-0.1, -0.05) is 19.1 Å². The summed E-state index contributed by atoms with van der Waals surface area (Å²) in [5, 5.41) is 0. The Morgan fingerprint density at radius 3 is 2.78 bits per heavy atom. The van der Waals surface area contributed by atoms with E-state index in [0.717, 1.165) is 35.0 Å². The standard InChI is InChI=1S/C14H22BrNO2/c1-3-12(16)10-11-6-4-7-13(15)14(11)18-9-5-8-17-2/h4,6-7,12H,3,5,8-10,16H2,1-2H3. The van der Waals surface area contributed by atoms with Gasteiger partial charge in [-0.3, -0.25) is 0 Å². The van der Waals surface area contributed by atoms with Gasteiger partial charge in [0.05, 0.1) is 11.1 Å². The monoisotopic (exact) mass is 315 g/mol. The molecule has 1 aromatic carbocycles. The molecular weight excluding hydrogens is 294 g/mol. The second kappa shape index (κ2) is 8.51. The Bertz CT molecular complexity index is 358. The van der Waals surface area contributed by atoms with Crippen LogP contribution >= 0.6 is 15.9 Å². The van der Waals surface area contributed by atoms with Crippen molar-refractivity contribution in [3.05, 3.63) is 28.2 Å². The van der Waals surface area contributed by atoms with Crippen LogP contribution < -0.4 is 10.5 Å². The van der Waals surface area contributed by atoms with E-state index in [9.17, 15) is 0 Å². The van der Waals surface area contributed by atoms with Crippen LogP contribution in [0.3, 0.4) is 0 Å². The Kier molecular flexibility index (Phi) is 7.32. The summed E-state index contributed by atoms with van der Waals surface area (Å²) >= 11 is 3.53. The van der Waals surface area contributed by atoms with Gasteiger partial charge in [0.25, 0.3) is 0 Å². The first-order valence-electron chi connectivity index (χ1n) is 6.33. The summed E-state index contributed by atoms with van der Waals surface area (Å²) in [7, 11) is 1.70. The molecule has 0 bridgehead atoms. The summed E-state index contributed by atoms with van der Waals surface area (Å²) in [5.41, 5.74) is 7.17. The number of rotatable bonds is 8. The summed E-state index contributed by atoms with van der Waals surface area (Å²) in [4.78, 5) is 0. The van der Waals surface area contributed by atoms with Crippen LogP contribution in [0.1, 0.15) is 25.3 Å². The first-order chi connectivity index (χ1) is 8.69. The lowest BCUT2D eigenvalue weighted by molar-refractivity contribution is 0.171. The molecule has 0 heterocycles.